The van der Waals surface area contributed by atoms with Crippen LogP contribution in [-0.4, -0.2) is 44.0 Å². The van der Waals surface area contributed by atoms with Crippen LogP contribution in [0.1, 0.15) is 6.92 Å². The molecule has 2 atom stereocenters. The molecular formula is C11H16N6O. The molecule has 1 aromatic carbocycles. The van der Waals surface area contributed by atoms with E-state index in [4.69, 9.17) is 5.73 Å². The van der Waals surface area contributed by atoms with Crippen LogP contribution in [0.3, 0.4) is 0 Å². The second-order valence-electron chi connectivity index (χ2n) is 4.04. The molecule has 0 spiro atoms. The predicted molar refractivity (Wildman–Crippen MR) is 67.3 cm³/mol. The van der Waals surface area contributed by atoms with Crippen molar-refractivity contribution in [2.24, 2.45) is 5.73 Å². The molecule has 0 bridgehead atoms. The molecular weight excluding hydrogens is 232 g/mol. The highest BCUT2D eigenvalue weighted by atomic mass is 16.3. The van der Waals surface area contributed by atoms with E-state index in [1.807, 2.05) is 30.3 Å². The van der Waals surface area contributed by atoms with Gasteiger partial charge >= 0.3 is 0 Å². The van der Waals surface area contributed by atoms with Gasteiger partial charge in [0, 0.05) is 12.6 Å². The summed E-state index contributed by atoms with van der Waals surface area (Å²) in [6.07, 6.45) is -0.585. The summed E-state index contributed by atoms with van der Waals surface area (Å²) in [6.45, 7) is 2.04. The second-order valence-corrected chi connectivity index (χ2v) is 4.04. The van der Waals surface area contributed by atoms with Gasteiger partial charge in [0.05, 0.1) is 11.8 Å². The summed E-state index contributed by atoms with van der Waals surface area (Å²) in [5, 5.41) is 23.7. The number of aliphatic hydroxyl groups excluding tert-OH is 1. The molecule has 96 valence electrons. The number of nitrogens with zero attached hydrogens (tertiary/aromatic N) is 4. The van der Waals surface area contributed by atoms with Gasteiger partial charge in [-0.25, -0.2) is 0 Å². The second kappa shape index (κ2) is 5.56. The molecule has 0 saturated carbocycles. The lowest BCUT2D eigenvalue weighted by atomic mass is 10.2. The zero-order chi connectivity index (χ0) is 13.0. The first-order valence-corrected chi connectivity index (χ1v) is 5.70. The van der Waals surface area contributed by atoms with Crippen molar-refractivity contribution in [3.05, 3.63) is 30.3 Å². The molecule has 0 aliphatic heterocycles. The minimum atomic E-state index is -0.585. The zero-order valence-corrected chi connectivity index (χ0v) is 10.1. The normalized spacial score (nSPS) is 14.2. The largest absolute Gasteiger partial charge is 0.392 e. The molecule has 2 rings (SSSR count). The van der Waals surface area contributed by atoms with Crippen LogP contribution >= 0.6 is 0 Å². The van der Waals surface area contributed by atoms with Crippen LogP contribution in [0.5, 0.6) is 0 Å². The van der Waals surface area contributed by atoms with Crippen LogP contribution in [0.25, 0.3) is 5.69 Å². The SMILES string of the molecule is CC(O)C(N)CNc1nnnn1-c1ccccc1. The highest BCUT2D eigenvalue weighted by Crippen LogP contribution is 2.10. The number of rotatable bonds is 5. The topological polar surface area (TPSA) is 102 Å². The lowest BCUT2D eigenvalue weighted by Crippen LogP contribution is -2.39. The maximum absolute atomic E-state index is 9.31. The number of aliphatic hydroxyl groups is 1. The van der Waals surface area contributed by atoms with Crippen molar-refractivity contribution in [2.75, 3.05) is 11.9 Å². The van der Waals surface area contributed by atoms with Gasteiger partial charge in [0.2, 0.25) is 5.95 Å². The van der Waals surface area contributed by atoms with Crippen molar-refractivity contribution < 1.29 is 5.11 Å². The van der Waals surface area contributed by atoms with E-state index in [2.05, 4.69) is 20.8 Å². The number of aromatic nitrogens is 4. The van der Waals surface area contributed by atoms with Gasteiger partial charge in [-0.05, 0) is 29.5 Å². The Hall–Kier alpha value is -1.99. The molecule has 0 aliphatic rings. The molecule has 0 aliphatic carbocycles. The maximum Gasteiger partial charge on any atom is 0.247 e. The predicted octanol–water partition coefficient (Wildman–Crippen LogP) is -0.218. The summed E-state index contributed by atoms with van der Waals surface area (Å²) >= 11 is 0. The van der Waals surface area contributed by atoms with Crippen molar-refractivity contribution in [3.8, 4) is 5.69 Å². The summed E-state index contributed by atoms with van der Waals surface area (Å²) in [5.41, 5.74) is 6.59. The highest BCUT2D eigenvalue weighted by molar-refractivity contribution is 5.38. The van der Waals surface area contributed by atoms with Gasteiger partial charge in [0.25, 0.3) is 0 Å². The summed E-state index contributed by atoms with van der Waals surface area (Å²) in [4.78, 5) is 0. The summed E-state index contributed by atoms with van der Waals surface area (Å²) in [7, 11) is 0. The fraction of sp³-hybridized carbons (Fsp3) is 0.364. The van der Waals surface area contributed by atoms with E-state index in [-0.39, 0.29) is 6.04 Å². The molecule has 7 heteroatoms. The molecule has 1 heterocycles. The third-order valence-corrected chi connectivity index (χ3v) is 2.59. The summed E-state index contributed by atoms with van der Waals surface area (Å²) < 4.78 is 1.58. The van der Waals surface area contributed by atoms with Gasteiger partial charge in [-0.15, -0.1) is 0 Å². The van der Waals surface area contributed by atoms with E-state index >= 15 is 0 Å². The molecule has 18 heavy (non-hydrogen) atoms. The fourth-order valence-corrected chi connectivity index (χ4v) is 1.42. The van der Waals surface area contributed by atoms with E-state index in [0.29, 0.717) is 12.5 Å². The van der Waals surface area contributed by atoms with Crippen molar-refractivity contribution in [1.29, 1.82) is 0 Å². The van der Waals surface area contributed by atoms with Gasteiger partial charge < -0.3 is 16.2 Å². The number of tetrazole rings is 1. The van der Waals surface area contributed by atoms with Crippen molar-refractivity contribution in [1.82, 2.24) is 20.2 Å². The third-order valence-electron chi connectivity index (χ3n) is 2.59. The standard InChI is InChI=1S/C11H16N6O/c1-8(18)10(12)7-13-11-14-15-16-17(11)9-5-3-2-4-6-9/h2-6,8,10,18H,7,12H2,1H3,(H,13,14,16). The van der Waals surface area contributed by atoms with Crippen LogP contribution in [0.15, 0.2) is 30.3 Å². The number of benzene rings is 1. The lowest BCUT2D eigenvalue weighted by molar-refractivity contribution is 0.168. The minimum Gasteiger partial charge on any atom is -0.392 e. The van der Waals surface area contributed by atoms with Gasteiger partial charge in [0.15, 0.2) is 0 Å². The van der Waals surface area contributed by atoms with E-state index < -0.39 is 6.10 Å². The van der Waals surface area contributed by atoms with Crippen molar-refractivity contribution in [2.45, 2.75) is 19.1 Å². The quantitative estimate of drug-likeness (QED) is 0.676. The highest BCUT2D eigenvalue weighted by Gasteiger charge is 2.12. The Morgan fingerprint density at radius 1 is 1.39 bits per heavy atom. The number of anilines is 1. The van der Waals surface area contributed by atoms with Crippen LogP contribution in [0.2, 0.25) is 0 Å². The lowest BCUT2D eigenvalue weighted by Gasteiger charge is -2.15. The van der Waals surface area contributed by atoms with E-state index in [9.17, 15) is 5.11 Å². The molecule has 2 unspecified atom stereocenters. The van der Waals surface area contributed by atoms with Crippen LogP contribution < -0.4 is 11.1 Å². The van der Waals surface area contributed by atoms with Gasteiger partial charge in [0.1, 0.15) is 0 Å². The first-order valence-electron chi connectivity index (χ1n) is 5.70. The van der Waals surface area contributed by atoms with Crippen molar-refractivity contribution >= 4 is 5.95 Å². The number of hydrogen-bond acceptors (Lipinski definition) is 6. The first kappa shape index (κ1) is 12.5. The molecule has 0 radical (unpaired) electrons. The molecule has 4 N–H and O–H groups in total. The zero-order valence-electron chi connectivity index (χ0n) is 10.1. The van der Waals surface area contributed by atoms with Crippen LogP contribution in [-0.2, 0) is 0 Å². The van der Waals surface area contributed by atoms with Gasteiger partial charge in [-0.3, -0.25) is 0 Å². The molecule has 0 amide bonds. The minimum absolute atomic E-state index is 0.370. The summed E-state index contributed by atoms with van der Waals surface area (Å²) in [6, 6.07) is 9.16. The Bertz CT molecular complexity index is 483. The Morgan fingerprint density at radius 2 is 2.11 bits per heavy atom. The number of para-hydroxylation sites is 1. The van der Waals surface area contributed by atoms with E-state index in [0.717, 1.165) is 5.69 Å². The Morgan fingerprint density at radius 3 is 2.78 bits per heavy atom. The first-order chi connectivity index (χ1) is 8.68. The van der Waals surface area contributed by atoms with Crippen LogP contribution in [0, 0.1) is 0 Å². The fourth-order valence-electron chi connectivity index (χ4n) is 1.42. The van der Waals surface area contributed by atoms with E-state index in [1.165, 1.54) is 0 Å². The average molecular weight is 248 g/mol. The monoisotopic (exact) mass is 248 g/mol. The number of hydrogen-bond donors (Lipinski definition) is 3. The Balaban J connectivity index is 2.09. The smallest absolute Gasteiger partial charge is 0.247 e. The average Bonchev–Trinajstić information content (AvgIpc) is 2.85. The molecule has 1 aromatic heterocycles. The van der Waals surface area contributed by atoms with Crippen LogP contribution in [0.4, 0.5) is 5.95 Å². The maximum atomic E-state index is 9.31. The number of nitrogens with two attached hydrogens (primary N) is 1. The van der Waals surface area contributed by atoms with Crippen molar-refractivity contribution in [3.63, 3.8) is 0 Å². The Labute approximate surface area is 105 Å². The third kappa shape index (κ3) is 2.82. The number of nitrogens with one attached hydrogen (secondary N) is 1. The molecule has 0 fully saturated rings. The van der Waals surface area contributed by atoms with Gasteiger partial charge in [-0.1, -0.05) is 23.3 Å². The Kier molecular flexibility index (Phi) is 3.85. The molecule has 2 aromatic rings. The molecule has 0 saturated heterocycles. The summed E-state index contributed by atoms with van der Waals surface area (Å²) in [5.74, 6) is 0.498. The molecule has 7 nitrogen and oxygen atoms in total. The van der Waals surface area contributed by atoms with E-state index in [1.54, 1.807) is 11.6 Å². The van der Waals surface area contributed by atoms with Gasteiger partial charge in [-0.2, -0.15) is 4.68 Å².